The second-order valence-electron chi connectivity index (χ2n) is 6.68. The Morgan fingerprint density at radius 1 is 0.800 bits per heavy atom. The lowest BCUT2D eigenvalue weighted by Gasteiger charge is -2.27. The summed E-state index contributed by atoms with van der Waals surface area (Å²) in [7, 11) is 0. The van der Waals surface area contributed by atoms with E-state index in [-0.39, 0.29) is 24.2 Å². The van der Waals surface area contributed by atoms with Gasteiger partial charge >= 0.3 is 17.9 Å². The molecule has 2 saturated heterocycles. The predicted molar refractivity (Wildman–Crippen MR) is 74.8 cm³/mol. The maximum Gasteiger partial charge on any atom is 0.313 e. The third kappa shape index (κ3) is 6.68. The van der Waals surface area contributed by atoms with Crippen LogP contribution >= 0.6 is 0 Å². The molecule has 2 rings (SSSR count). The molecule has 0 bridgehead atoms. The molecule has 2 fully saturated rings. The van der Waals surface area contributed by atoms with Crippen molar-refractivity contribution in [3.8, 4) is 0 Å². The topological polar surface area (TPSA) is 69.7 Å². The third-order valence-corrected chi connectivity index (χ3v) is 3.14. The monoisotopic (exact) mass is 286 g/mol. The normalized spacial score (nSPS) is 23.5. The van der Waals surface area contributed by atoms with Crippen LogP contribution in [0.2, 0.25) is 0 Å². The summed E-state index contributed by atoms with van der Waals surface area (Å²) in [5.41, 5.74) is -0.0260. The second kappa shape index (κ2) is 6.86. The molecule has 0 N–H and O–H groups in total. The lowest BCUT2D eigenvalue weighted by molar-refractivity contribution is -0.168. The van der Waals surface area contributed by atoms with E-state index in [4.69, 9.17) is 4.74 Å². The van der Waals surface area contributed by atoms with Gasteiger partial charge in [-0.3, -0.25) is 14.4 Å². The summed E-state index contributed by atoms with van der Waals surface area (Å²) in [4.78, 5) is 31.9. The molecule has 0 aromatic carbocycles. The smallest absolute Gasteiger partial charge is 0.313 e. The molecule has 5 nitrogen and oxygen atoms in total. The van der Waals surface area contributed by atoms with Crippen molar-refractivity contribution >= 4 is 17.9 Å². The van der Waals surface area contributed by atoms with Gasteiger partial charge in [0.2, 0.25) is 0 Å². The van der Waals surface area contributed by atoms with Crippen LogP contribution in [0.1, 0.15) is 60.8 Å². The van der Waals surface area contributed by atoms with Crippen LogP contribution in [0.4, 0.5) is 0 Å². The van der Waals surface area contributed by atoms with Gasteiger partial charge in [-0.2, -0.15) is 0 Å². The largest absolute Gasteiger partial charge is 0.466 e. The van der Waals surface area contributed by atoms with Crippen LogP contribution in [-0.4, -0.2) is 24.5 Å². The second-order valence-corrected chi connectivity index (χ2v) is 6.68. The highest BCUT2D eigenvalue weighted by atomic mass is 16.6. The van der Waals surface area contributed by atoms with E-state index in [1.54, 1.807) is 0 Å². The van der Waals surface area contributed by atoms with Crippen molar-refractivity contribution in [3.05, 3.63) is 0 Å². The number of hydrogen-bond donors (Lipinski definition) is 0. The van der Waals surface area contributed by atoms with E-state index in [2.05, 4.69) is 18.6 Å². The van der Waals surface area contributed by atoms with E-state index < -0.39 is 11.9 Å². The molecule has 0 radical (unpaired) electrons. The highest BCUT2D eigenvalue weighted by Crippen LogP contribution is 2.30. The van der Waals surface area contributed by atoms with E-state index in [1.165, 1.54) is 0 Å². The first-order valence-corrected chi connectivity index (χ1v) is 6.49. The number of esters is 3. The minimum atomic E-state index is -0.402. The molecule has 116 valence electrons. The molecule has 0 unspecified atom stereocenters. The molecule has 20 heavy (non-hydrogen) atoms. The standard InChI is InChI=1S/C7H10O3.C7H12O2.CH4/c1-7(2)3-5(8)10-6(9)4-7;1-7(2)3-4-9-6(8)5-7;/h3-4H2,1-2H3;3-5H2,1-2H3;1H4. The van der Waals surface area contributed by atoms with Crippen molar-refractivity contribution in [3.63, 3.8) is 0 Å². The van der Waals surface area contributed by atoms with Crippen molar-refractivity contribution in [2.45, 2.75) is 60.8 Å². The zero-order valence-electron chi connectivity index (χ0n) is 12.1. The number of ether oxygens (including phenoxy) is 2. The minimum absolute atomic E-state index is 0. The molecule has 0 amide bonds. The van der Waals surface area contributed by atoms with Gasteiger partial charge in [0.15, 0.2) is 0 Å². The number of hydrogen-bond acceptors (Lipinski definition) is 5. The van der Waals surface area contributed by atoms with Gasteiger partial charge in [-0.25, -0.2) is 0 Å². The lowest BCUT2D eigenvalue weighted by atomic mass is 9.84. The summed E-state index contributed by atoms with van der Waals surface area (Å²) in [6.45, 7) is 8.54. The lowest BCUT2D eigenvalue weighted by Crippen LogP contribution is -2.30. The number of cyclic esters (lactones) is 3. The molecule has 0 spiro atoms. The Morgan fingerprint density at radius 2 is 1.25 bits per heavy atom. The number of carbonyl (C=O) groups excluding carboxylic acids is 3. The van der Waals surface area contributed by atoms with Crippen molar-refractivity contribution in [2.24, 2.45) is 10.8 Å². The molecular formula is C15H26O5. The Hall–Kier alpha value is -1.39. The average Bonchev–Trinajstić information content (AvgIpc) is 2.10. The van der Waals surface area contributed by atoms with Gasteiger partial charge in [0.25, 0.3) is 0 Å². The first-order valence-electron chi connectivity index (χ1n) is 6.49. The third-order valence-electron chi connectivity index (χ3n) is 3.14. The number of carbonyl (C=O) groups is 3. The highest BCUT2D eigenvalue weighted by molar-refractivity contribution is 5.89. The summed E-state index contributed by atoms with van der Waals surface area (Å²) in [6.07, 6.45) is 2.27. The zero-order chi connectivity index (χ0) is 14.7. The van der Waals surface area contributed by atoms with E-state index in [1.807, 2.05) is 13.8 Å². The molecular weight excluding hydrogens is 260 g/mol. The van der Waals surface area contributed by atoms with E-state index in [9.17, 15) is 14.4 Å². The van der Waals surface area contributed by atoms with E-state index in [0.29, 0.717) is 25.9 Å². The first-order chi connectivity index (χ1) is 8.60. The average molecular weight is 286 g/mol. The minimum Gasteiger partial charge on any atom is -0.466 e. The van der Waals surface area contributed by atoms with Crippen LogP contribution in [0.5, 0.6) is 0 Å². The Bertz CT molecular complexity index is 364. The zero-order valence-corrected chi connectivity index (χ0v) is 12.1. The van der Waals surface area contributed by atoms with Crippen LogP contribution in [-0.2, 0) is 23.9 Å². The molecule has 0 saturated carbocycles. The van der Waals surface area contributed by atoms with Gasteiger partial charge in [-0.15, -0.1) is 0 Å². The summed E-state index contributed by atoms with van der Waals surface area (Å²) in [5, 5.41) is 0. The maximum atomic E-state index is 10.7. The van der Waals surface area contributed by atoms with Crippen molar-refractivity contribution in [1.29, 1.82) is 0 Å². The molecule has 0 aromatic rings. The van der Waals surface area contributed by atoms with Gasteiger partial charge < -0.3 is 9.47 Å². The highest BCUT2D eigenvalue weighted by Gasteiger charge is 2.33. The van der Waals surface area contributed by atoms with Gasteiger partial charge in [-0.05, 0) is 17.3 Å². The van der Waals surface area contributed by atoms with Gasteiger partial charge in [0, 0.05) is 0 Å². The Balaban J connectivity index is 0.000000345. The van der Waals surface area contributed by atoms with Crippen molar-refractivity contribution in [2.75, 3.05) is 6.61 Å². The van der Waals surface area contributed by atoms with Crippen LogP contribution in [0.25, 0.3) is 0 Å². The van der Waals surface area contributed by atoms with Crippen molar-refractivity contribution < 1.29 is 23.9 Å². The fourth-order valence-corrected chi connectivity index (χ4v) is 2.01. The molecule has 5 heteroatoms. The summed E-state index contributed by atoms with van der Waals surface area (Å²) >= 11 is 0. The number of rotatable bonds is 0. The predicted octanol–water partition coefficient (Wildman–Crippen LogP) is 2.86. The van der Waals surface area contributed by atoms with Crippen LogP contribution in [0.3, 0.4) is 0 Å². The molecule has 0 aromatic heterocycles. The molecule has 0 aliphatic carbocycles. The SMILES string of the molecule is C.CC1(C)CC(=O)OC(=O)C1.CC1(C)CCOC(=O)C1. The van der Waals surface area contributed by atoms with Crippen molar-refractivity contribution in [1.82, 2.24) is 0 Å². The molecule has 2 heterocycles. The van der Waals surface area contributed by atoms with Gasteiger partial charge in [0.1, 0.15) is 0 Å². The maximum absolute atomic E-state index is 10.7. The Labute approximate surface area is 121 Å². The Kier molecular flexibility index (Phi) is 6.38. The summed E-state index contributed by atoms with van der Waals surface area (Å²) < 4.78 is 9.12. The summed E-state index contributed by atoms with van der Waals surface area (Å²) in [6, 6.07) is 0. The van der Waals surface area contributed by atoms with E-state index in [0.717, 1.165) is 6.42 Å². The fraction of sp³-hybridized carbons (Fsp3) is 0.800. The molecule has 2 aliphatic rings. The molecule has 0 atom stereocenters. The summed E-state index contributed by atoms with van der Waals surface area (Å²) in [5.74, 6) is -0.853. The van der Waals surface area contributed by atoms with Gasteiger partial charge in [-0.1, -0.05) is 35.1 Å². The van der Waals surface area contributed by atoms with E-state index >= 15 is 0 Å². The first kappa shape index (κ1) is 18.6. The fourth-order valence-electron chi connectivity index (χ4n) is 2.01. The van der Waals surface area contributed by atoms with Gasteiger partial charge in [0.05, 0.1) is 25.9 Å². The quantitative estimate of drug-likeness (QED) is 0.506. The molecule has 2 aliphatic heterocycles. The van der Waals surface area contributed by atoms with Crippen LogP contribution in [0.15, 0.2) is 0 Å². The van der Waals surface area contributed by atoms with Crippen LogP contribution < -0.4 is 0 Å². The Morgan fingerprint density at radius 3 is 1.55 bits per heavy atom. The van der Waals surface area contributed by atoms with Crippen LogP contribution in [0, 0.1) is 10.8 Å².